The monoisotopic (exact) mass is 273 g/mol. The van der Waals surface area contributed by atoms with Crippen molar-refractivity contribution in [3.8, 4) is 22.6 Å². The summed E-state index contributed by atoms with van der Waals surface area (Å²) in [5, 5.41) is 4.61. The number of fused-ring (bicyclic) bond motifs is 1. The Kier molecular flexibility index (Phi) is 2.75. The first kappa shape index (κ1) is 11.9. The van der Waals surface area contributed by atoms with Gasteiger partial charge >= 0.3 is 5.71 Å². The fraction of sp³-hybridized carbons (Fsp3) is 0. The fourth-order valence-corrected chi connectivity index (χ4v) is 2.35. The summed E-state index contributed by atoms with van der Waals surface area (Å²) in [6, 6.07) is 24.1. The predicted molar refractivity (Wildman–Crippen MR) is 80.5 cm³/mol. The zero-order valence-corrected chi connectivity index (χ0v) is 11.3. The smallest absolute Gasteiger partial charge is 0.396 e. The maximum atomic E-state index is 5.85. The first-order valence-corrected chi connectivity index (χ1v) is 6.83. The fourth-order valence-electron chi connectivity index (χ4n) is 2.35. The van der Waals surface area contributed by atoms with E-state index in [1.165, 1.54) is 0 Å². The molecule has 0 saturated carbocycles. The van der Waals surface area contributed by atoms with E-state index >= 15 is 0 Å². The minimum Gasteiger partial charge on any atom is -0.396 e. The van der Waals surface area contributed by atoms with Gasteiger partial charge in [0.15, 0.2) is 0 Å². The standard InChI is InChI=1S/C18H13N2O/c1-3-7-14(8-4-1)16-11-12-18-20(19-16)13-17(21-18)15-9-5-2-6-10-15/h1-13H/q+1. The molecule has 0 saturated heterocycles. The van der Waals surface area contributed by atoms with E-state index in [4.69, 9.17) is 4.42 Å². The molecular weight excluding hydrogens is 260 g/mol. The van der Waals surface area contributed by atoms with Crippen LogP contribution in [0.15, 0.2) is 83.4 Å². The van der Waals surface area contributed by atoms with Gasteiger partial charge in [0.1, 0.15) is 5.69 Å². The molecule has 0 N–H and O–H groups in total. The van der Waals surface area contributed by atoms with Gasteiger partial charge in [0.05, 0.1) is 6.07 Å². The van der Waals surface area contributed by atoms with Crippen LogP contribution in [-0.2, 0) is 0 Å². The summed E-state index contributed by atoms with van der Waals surface area (Å²) in [6.07, 6.45) is 1.91. The van der Waals surface area contributed by atoms with Crippen molar-refractivity contribution in [2.75, 3.05) is 0 Å². The molecule has 2 aromatic carbocycles. The Morgan fingerprint density at radius 1 is 0.714 bits per heavy atom. The second kappa shape index (κ2) is 4.87. The third-order valence-corrected chi connectivity index (χ3v) is 3.41. The predicted octanol–water partition coefficient (Wildman–Crippen LogP) is 3.75. The molecule has 0 aliphatic carbocycles. The van der Waals surface area contributed by atoms with Gasteiger partial charge < -0.3 is 4.42 Å². The van der Waals surface area contributed by atoms with E-state index in [1.807, 2.05) is 79.0 Å². The summed E-state index contributed by atoms with van der Waals surface area (Å²) in [5.74, 6) is 0.813. The van der Waals surface area contributed by atoms with Crippen molar-refractivity contribution >= 4 is 5.71 Å². The molecule has 3 heteroatoms. The minimum absolute atomic E-state index is 0.730. The highest BCUT2D eigenvalue weighted by Crippen LogP contribution is 2.20. The maximum absolute atomic E-state index is 5.85. The Balaban J connectivity index is 1.82. The summed E-state index contributed by atoms with van der Waals surface area (Å²) in [7, 11) is 0. The quantitative estimate of drug-likeness (QED) is 0.521. The zero-order valence-electron chi connectivity index (χ0n) is 11.3. The lowest BCUT2D eigenvalue weighted by molar-refractivity contribution is -0.580. The molecular formula is C18H13N2O+. The van der Waals surface area contributed by atoms with E-state index in [-0.39, 0.29) is 0 Å². The molecule has 0 atom stereocenters. The van der Waals surface area contributed by atoms with Crippen molar-refractivity contribution in [3.63, 3.8) is 0 Å². The molecule has 4 aromatic rings. The highest BCUT2D eigenvalue weighted by molar-refractivity contribution is 5.60. The molecule has 0 aliphatic rings. The molecule has 3 nitrogen and oxygen atoms in total. The number of nitrogens with zero attached hydrogens (tertiary/aromatic N) is 2. The summed E-state index contributed by atoms with van der Waals surface area (Å²) in [6.45, 7) is 0. The lowest BCUT2D eigenvalue weighted by Gasteiger charge is -1.94. The lowest BCUT2D eigenvalue weighted by Crippen LogP contribution is -2.23. The normalized spacial score (nSPS) is 10.9. The van der Waals surface area contributed by atoms with Gasteiger partial charge in [-0.05, 0) is 10.6 Å². The first-order chi connectivity index (χ1) is 10.4. The van der Waals surface area contributed by atoms with Crippen LogP contribution in [0, 0.1) is 0 Å². The van der Waals surface area contributed by atoms with E-state index in [0.29, 0.717) is 0 Å². The van der Waals surface area contributed by atoms with Crippen LogP contribution in [0.5, 0.6) is 0 Å². The molecule has 0 radical (unpaired) electrons. The Morgan fingerprint density at radius 3 is 2.10 bits per heavy atom. The number of hydrogen-bond acceptors (Lipinski definition) is 2. The van der Waals surface area contributed by atoms with Gasteiger partial charge in [-0.25, -0.2) is 0 Å². The third kappa shape index (κ3) is 2.19. The van der Waals surface area contributed by atoms with E-state index < -0.39 is 0 Å². The van der Waals surface area contributed by atoms with Gasteiger partial charge in [-0.3, -0.25) is 0 Å². The van der Waals surface area contributed by atoms with Gasteiger partial charge in [0.2, 0.25) is 12.0 Å². The van der Waals surface area contributed by atoms with Gasteiger partial charge in [-0.15, -0.1) is 0 Å². The van der Waals surface area contributed by atoms with Crippen molar-refractivity contribution in [3.05, 3.63) is 79.0 Å². The molecule has 0 fully saturated rings. The van der Waals surface area contributed by atoms with Gasteiger partial charge in [-0.1, -0.05) is 60.7 Å². The highest BCUT2D eigenvalue weighted by atomic mass is 16.4. The molecule has 0 spiro atoms. The van der Waals surface area contributed by atoms with Crippen LogP contribution in [0.1, 0.15) is 0 Å². The van der Waals surface area contributed by atoms with Crippen LogP contribution in [-0.4, -0.2) is 5.10 Å². The van der Waals surface area contributed by atoms with Crippen LogP contribution in [0.4, 0.5) is 0 Å². The maximum Gasteiger partial charge on any atom is 0.404 e. The Hall–Kier alpha value is -2.94. The Labute approximate surface area is 122 Å². The first-order valence-electron chi connectivity index (χ1n) is 6.83. The van der Waals surface area contributed by atoms with Crippen LogP contribution in [0.3, 0.4) is 0 Å². The zero-order chi connectivity index (χ0) is 14.1. The number of oxazole rings is 1. The van der Waals surface area contributed by atoms with Crippen LogP contribution >= 0.6 is 0 Å². The van der Waals surface area contributed by atoms with Crippen molar-refractivity contribution in [1.29, 1.82) is 0 Å². The topological polar surface area (TPSA) is 30.1 Å². The summed E-state index contributed by atoms with van der Waals surface area (Å²) < 4.78 is 7.63. The van der Waals surface area contributed by atoms with Crippen molar-refractivity contribution in [2.45, 2.75) is 0 Å². The van der Waals surface area contributed by atoms with E-state index in [1.54, 1.807) is 4.52 Å². The Morgan fingerprint density at radius 2 is 1.38 bits per heavy atom. The van der Waals surface area contributed by atoms with Gasteiger partial charge in [0, 0.05) is 16.2 Å². The molecule has 0 unspecified atom stereocenters. The number of hydrogen-bond donors (Lipinski definition) is 0. The second-order valence-corrected chi connectivity index (χ2v) is 4.83. The summed E-state index contributed by atoms with van der Waals surface area (Å²) in [5.41, 5.74) is 3.79. The van der Waals surface area contributed by atoms with Gasteiger partial charge in [0.25, 0.3) is 0 Å². The molecule has 0 bridgehead atoms. The largest absolute Gasteiger partial charge is 0.404 e. The van der Waals surface area contributed by atoms with Gasteiger partial charge in [-0.2, -0.15) is 0 Å². The molecule has 21 heavy (non-hydrogen) atoms. The van der Waals surface area contributed by atoms with E-state index in [9.17, 15) is 0 Å². The molecule has 0 amide bonds. The Bertz CT molecular complexity index is 845. The molecule has 0 aliphatic heterocycles. The van der Waals surface area contributed by atoms with E-state index in [0.717, 1.165) is 28.3 Å². The average Bonchev–Trinajstić information content (AvgIpc) is 2.99. The summed E-state index contributed by atoms with van der Waals surface area (Å²) in [4.78, 5) is 0. The van der Waals surface area contributed by atoms with Crippen molar-refractivity contribution < 1.29 is 8.93 Å². The van der Waals surface area contributed by atoms with Crippen LogP contribution in [0.25, 0.3) is 28.3 Å². The summed E-state index contributed by atoms with van der Waals surface area (Å²) >= 11 is 0. The average molecular weight is 273 g/mol. The molecule has 100 valence electrons. The lowest BCUT2D eigenvalue weighted by atomic mass is 10.1. The molecule has 2 heterocycles. The van der Waals surface area contributed by atoms with Crippen LogP contribution in [0.2, 0.25) is 0 Å². The SMILES string of the molecule is c1ccc(-c2ccc3oc(-c4ccccc4)c[n+]3n2)cc1. The second-order valence-electron chi connectivity index (χ2n) is 4.83. The number of aromatic nitrogens is 2. The van der Waals surface area contributed by atoms with E-state index in [2.05, 4.69) is 5.10 Å². The van der Waals surface area contributed by atoms with Crippen LogP contribution < -0.4 is 4.52 Å². The van der Waals surface area contributed by atoms with Crippen molar-refractivity contribution in [2.24, 2.45) is 0 Å². The molecule has 2 aromatic heterocycles. The highest BCUT2D eigenvalue weighted by Gasteiger charge is 2.16. The number of rotatable bonds is 2. The molecule has 4 rings (SSSR count). The van der Waals surface area contributed by atoms with Crippen molar-refractivity contribution in [1.82, 2.24) is 5.10 Å². The third-order valence-electron chi connectivity index (χ3n) is 3.41. The minimum atomic E-state index is 0.730. The number of benzene rings is 2.